The van der Waals surface area contributed by atoms with Gasteiger partial charge in [-0.2, -0.15) is 0 Å². The number of methoxy groups -OCH3 is 1. The Morgan fingerprint density at radius 2 is 1.88 bits per heavy atom. The first-order valence-electron chi connectivity index (χ1n) is 8.32. The summed E-state index contributed by atoms with van der Waals surface area (Å²) in [5.74, 6) is 0.621. The third kappa shape index (κ3) is 7.85. The number of sulfonamides is 1. The van der Waals surface area contributed by atoms with Crippen LogP contribution in [-0.4, -0.2) is 46.7 Å². The Balaban J connectivity index is 3.00. The molecule has 0 fully saturated rings. The minimum absolute atomic E-state index is 0.251. The average molecular weight is 371 g/mol. The largest absolute Gasteiger partial charge is 0.383 e. The minimum Gasteiger partial charge on any atom is -0.383 e. The van der Waals surface area contributed by atoms with Gasteiger partial charge in [-0.05, 0) is 39.3 Å². The Labute approximate surface area is 151 Å². The summed E-state index contributed by atoms with van der Waals surface area (Å²) in [5.41, 5.74) is 0.0921. The molecule has 0 heterocycles. The zero-order valence-electron chi connectivity index (χ0n) is 15.7. The van der Waals surface area contributed by atoms with E-state index in [9.17, 15) is 8.42 Å². The molecule has 7 nitrogen and oxygen atoms in total. The van der Waals surface area contributed by atoms with Crippen LogP contribution < -0.4 is 15.4 Å². The van der Waals surface area contributed by atoms with Gasteiger partial charge >= 0.3 is 0 Å². The molecule has 3 N–H and O–H groups in total. The molecular formula is C17H30N4O3S. The van der Waals surface area contributed by atoms with Crippen LogP contribution in [0.1, 0.15) is 33.3 Å². The molecule has 25 heavy (non-hydrogen) atoms. The molecule has 0 aliphatic carbocycles. The van der Waals surface area contributed by atoms with Crippen molar-refractivity contribution in [2.75, 3.05) is 26.8 Å². The molecule has 0 atom stereocenters. The maximum atomic E-state index is 12.6. The molecule has 0 aromatic heterocycles. The zero-order chi connectivity index (χ0) is 18.9. The molecular weight excluding hydrogens is 340 g/mol. The zero-order valence-corrected chi connectivity index (χ0v) is 16.5. The van der Waals surface area contributed by atoms with Crippen LogP contribution in [0.4, 0.5) is 0 Å². The van der Waals surface area contributed by atoms with Crippen molar-refractivity contribution < 1.29 is 13.2 Å². The van der Waals surface area contributed by atoms with E-state index in [0.29, 0.717) is 31.2 Å². The third-order valence-electron chi connectivity index (χ3n) is 3.05. The molecule has 0 aliphatic heterocycles. The van der Waals surface area contributed by atoms with Crippen molar-refractivity contribution in [2.45, 2.75) is 44.7 Å². The SMILES string of the molecule is CCNC(=NCc1ccccc1S(=O)(=O)NC(C)(C)C)NCCOC. The fourth-order valence-electron chi connectivity index (χ4n) is 2.13. The van der Waals surface area contributed by atoms with Crippen LogP contribution >= 0.6 is 0 Å². The summed E-state index contributed by atoms with van der Waals surface area (Å²) in [4.78, 5) is 4.72. The fourth-order valence-corrected chi connectivity index (χ4v) is 3.78. The summed E-state index contributed by atoms with van der Waals surface area (Å²) in [5, 5.41) is 6.26. The highest BCUT2D eigenvalue weighted by molar-refractivity contribution is 7.89. The molecule has 1 aromatic rings. The van der Waals surface area contributed by atoms with Gasteiger partial charge in [0.1, 0.15) is 0 Å². The molecule has 142 valence electrons. The quantitative estimate of drug-likeness (QED) is 0.366. The molecule has 0 bridgehead atoms. The predicted molar refractivity (Wildman–Crippen MR) is 101 cm³/mol. The van der Waals surface area contributed by atoms with Crippen molar-refractivity contribution in [2.24, 2.45) is 4.99 Å². The molecule has 0 amide bonds. The third-order valence-corrected chi connectivity index (χ3v) is 4.91. The first-order chi connectivity index (χ1) is 11.7. The summed E-state index contributed by atoms with van der Waals surface area (Å²) < 4.78 is 33.0. The summed E-state index contributed by atoms with van der Waals surface area (Å²) >= 11 is 0. The van der Waals surface area contributed by atoms with Gasteiger partial charge in [-0.15, -0.1) is 0 Å². The van der Waals surface area contributed by atoms with Crippen molar-refractivity contribution in [3.8, 4) is 0 Å². The highest BCUT2D eigenvalue weighted by Crippen LogP contribution is 2.18. The van der Waals surface area contributed by atoms with Crippen LogP contribution in [-0.2, 0) is 21.3 Å². The first-order valence-corrected chi connectivity index (χ1v) is 9.81. The van der Waals surface area contributed by atoms with Crippen LogP contribution in [0, 0.1) is 0 Å². The Morgan fingerprint density at radius 3 is 2.48 bits per heavy atom. The average Bonchev–Trinajstić information content (AvgIpc) is 2.51. The second-order valence-corrected chi connectivity index (χ2v) is 8.23. The molecule has 1 aromatic carbocycles. The number of hydrogen-bond acceptors (Lipinski definition) is 4. The van der Waals surface area contributed by atoms with Gasteiger partial charge < -0.3 is 15.4 Å². The number of ether oxygens (including phenoxy) is 1. The highest BCUT2D eigenvalue weighted by Gasteiger charge is 2.24. The monoisotopic (exact) mass is 370 g/mol. The molecule has 0 saturated carbocycles. The first kappa shape index (κ1) is 21.4. The number of nitrogens with zero attached hydrogens (tertiary/aromatic N) is 1. The van der Waals surface area contributed by atoms with Crippen LogP contribution in [0.3, 0.4) is 0 Å². The second-order valence-electron chi connectivity index (χ2n) is 6.58. The van der Waals surface area contributed by atoms with Gasteiger partial charge in [0, 0.05) is 25.7 Å². The van der Waals surface area contributed by atoms with Crippen LogP contribution in [0.15, 0.2) is 34.2 Å². The van der Waals surface area contributed by atoms with E-state index in [-0.39, 0.29) is 11.4 Å². The maximum Gasteiger partial charge on any atom is 0.241 e. The topological polar surface area (TPSA) is 91.8 Å². The molecule has 1 rings (SSSR count). The van der Waals surface area contributed by atoms with Crippen LogP contribution in [0.2, 0.25) is 0 Å². The van der Waals surface area contributed by atoms with E-state index < -0.39 is 15.6 Å². The van der Waals surface area contributed by atoms with Crippen molar-refractivity contribution in [3.63, 3.8) is 0 Å². The van der Waals surface area contributed by atoms with Gasteiger partial charge in [0.15, 0.2) is 5.96 Å². The molecule has 8 heteroatoms. The Morgan fingerprint density at radius 1 is 1.20 bits per heavy atom. The van der Waals surface area contributed by atoms with Crippen molar-refractivity contribution in [1.29, 1.82) is 0 Å². The highest BCUT2D eigenvalue weighted by atomic mass is 32.2. The Hall–Kier alpha value is -1.64. The van der Waals surface area contributed by atoms with Gasteiger partial charge in [-0.25, -0.2) is 18.1 Å². The van der Waals surface area contributed by atoms with Crippen molar-refractivity contribution in [3.05, 3.63) is 29.8 Å². The standard InChI is InChI=1S/C17H30N4O3S/c1-6-18-16(19-11-12-24-5)20-13-14-9-7-8-10-15(14)25(22,23)21-17(2,3)4/h7-10,21H,6,11-13H2,1-5H3,(H2,18,19,20). The molecule has 0 unspecified atom stereocenters. The summed E-state index contributed by atoms with van der Waals surface area (Å²) in [7, 11) is -1.98. The lowest BCUT2D eigenvalue weighted by Gasteiger charge is -2.21. The lowest BCUT2D eigenvalue weighted by Crippen LogP contribution is -2.41. The fraction of sp³-hybridized carbons (Fsp3) is 0.588. The lowest BCUT2D eigenvalue weighted by atomic mass is 10.1. The van der Waals surface area contributed by atoms with Gasteiger partial charge in [0.25, 0.3) is 0 Å². The van der Waals surface area contributed by atoms with Gasteiger partial charge in [0.05, 0.1) is 18.0 Å². The van der Waals surface area contributed by atoms with Gasteiger partial charge in [-0.3, -0.25) is 0 Å². The number of hydrogen-bond donors (Lipinski definition) is 3. The van der Waals surface area contributed by atoms with E-state index in [1.807, 2.05) is 33.8 Å². The van der Waals surface area contributed by atoms with Crippen molar-refractivity contribution >= 4 is 16.0 Å². The number of aliphatic imine (C=N–C) groups is 1. The van der Waals surface area contributed by atoms with E-state index in [2.05, 4.69) is 20.3 Å². The summed E-state index contributed by atoms with van der Waals surface area (Å²) in [6.07, 6.45) is 0. The van der Waals surface area contributed by atoms with E-state index >= 15 is 0 Å². The molecule has 0 aliphatic rings. The van der Waals surface area contributed by atoms with Crippen LogP contribution in [0.25, 0.3) is 0 Å². The lowest BCUT2D eigenvalue weighted by molar-refractivity contribution is 0.203. The second kappa shape index (κ2) is 9.74. The maximum absolute atomic E-state index is 12.6. The summed E-state index contributed by atoms with van der Waals surface area (Å²) in [6, 6.07) is 6.91. The minimum atomic E-state index is -3.61. The molecule has 0 saturated heterocycles. The molecule has 0 radical (unpaired) electrons. The smallest absolute Gasteiger partial charge is 0.241 e. The van der Waals surface area contributed by atoms with Crippen molar-refractivity contribution in [1.82, 2.24) is 15.4 Å². The Kier molecular flexibility index (Phi) is 8.34. The van der Waals surface area contributed by atoms with Gasteiger partial charge in [-0.1, -0.05) is 18.2 Å². The number of nitrogens with one attached hydrogen (secondary N) is 3. The number of benzene rings is 1. The number of guanidine groups is 1. The summed E-state index contributed by atoms with van der Waals surface area (Å²) in [6.45, 7) is 9.56. The van der Waals surface area contributed by atoms with Crippen LogP contribution in [0.5, 0.6) is 0 Å². The van der Waals surface area contributed by atoms with E-state index in [0.717, 1.165) is 0 Å². The molecule has 0 spiro atoms. The van der Waals surface area contributed by atoms with E-state index in [1.54, 1.807) is 25.3 Å². The van der Waals surface area contributed by atoms with Gasteiger partial charge in [0.2, 0.25) is 10.0 Å². The normalized spacial score (nSPS) is 12.9. The number of rotatable bonds is 8. The van der Waals surface area contributed by atoms with E-state index in [1.165, 1.54) is 0 Å². The Bertz CT molecular complexity index is 667. The predicted octanol–water partition coefficient (Wildman–Crippen LogP) is 1.46. The van der Waals surface area contributed by atoms with E-state index in [4.69, 9.17) is 4.74 Å².